The van der Waals surface area contributed by atoms with Crippen LogP contribution < -0.4 is 30.2 Å². The first kappa shape index (κ1) is 57.9. The first-order valence-electron chi connectivity index (χ1n) is 25.7. The smallest absolute Gasteiger partial charge is 0.475 e. The third-order valence-electron chi connectivity index (χ3n) is 11.4. The molecule has 3 aromatic carbocycles. The number of hydrogen-bond acceptors (Lipinski definition) is 10. The summed E-state index contributed by atoms with van der Waals surface area (Å²) in [5.74, 6) is 1.30. The van der Waals surface area contributed by atoms with Gasteiger partial charge in [-0.05, 0) is 93.1 Å². The van der Waals surface area contributed by atoms with Gasteiger partial charge in [-0.1, -0.05) is 134 Å². The molecular formula is C54H84N3O10P. The molecule has 0 aliphatic carbocycles. The molecule has 14 heteroatoms. The van der Waals surface area contributed by atoms with Gasteiger partial charge in [-0.3, -0.25) is 28.0 Å². The van der Waals surface area contributed by atoms with Crippen LogP contribution in [0.1, 0.15) is 192 Å². The molecule has 380 valence electrons. The van der Waals surface area contributed by atoms with Crippen molar-refractivity contribution >= 4 is 25.5 Å². The first-order valence-corrected chi connectivity index (χ1v) is 27.1. The summed E-state index contributed by atoms with van der Waals surface area (Å²) in [5.41, 5.74) is 2.03. The second-order valence-corrected chi connectivity index (χ2v) is 18.9. The van der Waals surface area contributed by atoms with E-state index in [1.165, 1.54) is 0 Å². The lowest BCUT2D eigenvalue weighted by atomic mass is 10.1. The minimum Gasteiger partial charge on any atom is -0.494 e. The lowest BCUT2D eigenvalue weighted by Crippen LogP contribution is -2.33. The molecule has 0 aliphatic rings. The Hall–Kier alpha value is -4.42. The number of rotatable bonds is 39. The molecular weight excluding hydrogens is 882 g/mol. The molecule has 3 atom stereocenters. The van der Waals surface area contributed by atoms with Crippen LogP contribution in [0.25, 0.3) is 0 Å². The summed E-state index contributed by atoms with van der Waals surface area (Å²) >= 11 is 0. The van der Waals surface area contributed by atoms with Crippen LogP contribution in [0, 0.1) is 0 Å². The normalized spacial score (nSPS) is 13.4. The van der Waals surface area contributed by atoms with Crippen molar-refractivity contribution in [1.82, 2.24) is 16.0 Å². The average molecular weight is 966 g/mol. The van der Waals surface area contributed by atoms with Gasteiger partial charge in [0, 0.05) is 19.3 Å². The first-order chi connectivity index (χ1) is 33.1. The quantitative estimate of drug-likeness (QED) is 0.0371. The van der Waals surface area contributed by atoms with Gasteiger partial charge in [0.25, 0.3) is 0 Å². The van der Waals surface area contributed by atoms with Crippen molar-refractivity contribution < 1.29 is 46.7 Å². The van der Waals surface area contributed by atoms with Crippen molar-refractivity contribution in [2.75, 3.05) is 39.6 Å². The zero-order valence-corrected chi connectivity index (χ0v) is 43.1. The van der Waals surface area contributed by atoms with Crippen molar-refractivity contribution in [3.63, 3.8) is 0 Å². The Bertz CT molecular complexity index is 1700. The van der Waals surface area contributed by atoms with Gasteiger partial charge in [0.2, 0.25) is 17.7 Å². The molecule has 0 saturated carbocycles. The van der Waals surface area contributed by atoms with Gasteiger partial charge in [-0.2, -0.15) is 0 Å². The third-order valence-corrected chi connectivity index (χ3v) is 12.8. The molecule has 3 rings (SSSR count). The highest BCUT2D eigenvalue weighted by Gasteiger charge is 2.33. The monoisotopic (exact) mass is 966 g/mol. The fraction of sp³-hybridized carbons (Fsp3) is 0.611. The maximum absolute atomic E-state index is 15.3. The van der Waals surface area contributed by atoms with Gasteiger partial charge in [-0.25, -0.2) is 4.57 Å². The van der Waals surface area contributed by atoms with E-state index in [2.05, 4.69) is 36.7 Å². The molecule has 3 unspecified atom stereocenters. The molecule has 3 N–H and O–H groups in total. The number of carbonyl (C=O) groups excluding carboxylic acids is 3. The Morgan fingerprint density at radius 1 is 0.426 bits per heavy atom. The molecule has 3 aromatic rings. The van der Waals surface area contributed by atoms with E-state index in [0.29, 0.717) is 73.0 Å². The maximum Gasteiger partial charge on any atom is 0.475 e. The van der Waals surface area contributed by atoms with Gasteiger partial charge in [0.15, 0.2) is 0 Å². The van der Waals surface area contributed by atoms with E-state index >= 15 is 4.57 Å². The van der Waals surface area contributed by atoms with Crippen LogP contribution in [0.4, 0.5) is 0 Å². The van der Waals surface area contributed by atoms with Gasteiger partial charge in [0.1, 0.15) is 17.2 Å². The maximum atomic E-state index is 15.3. The molecule has 0 saturated heterocycles. The van der Waals surface area contributed by atoms with Crippen LogP contribution in [0.5, 0.6) is 17.2 Å². The van der Waals surface area contributed by atoms with Gasteiger partial charge < -0.3 is 30.2 Å². The highest BCUT2D eigenvalue weighted by molar-refractivity contribution is 7.48. The van der Waals surface area contributed by atoms with Crippen molar-refractivity contribution in [2.24, 2.45) is 0 Å². The molecule has 0 heterocycles. The minimum absolute atomic E-state index is 0.174. The summed E-state index contributed by atoms with van der Waals surface area (Å²) in [4.78, 5) is 40.5. The van der Waals surface area contributed by atoms with Gasteiger partial charge >= 0.3 is 7.82 Å². The second kappa shape index (κ2) is 34.8. The number of carbonyl (C=O) groups is 3. The van der Waals surface area contributed by atoms with E-state index in [4.69, 9.17) is 27.8 Å². The molecule has 0 aromatic heterocycles. The summed E-state index contributed by atoms with van der Waals surface area (Å²) in [6.45, 7) is 12.6. The fourth-order valence-corrected chi connectivity index (χ4v) is 8.92. The highest BCUT2D eigenvalue weighted by Crippen LogP contribution is 2.51. The number of ether oxygens (including phenoxy) is 3. The average Bonchev–Trinajstić information content (AvgIpc) is 3.33. The molecule has 3 amide bonds. The largest absolute Gasteiger partial charge is 0.494 e. The van der Waals surface area contributed by atoms with Crippen molar-refractivity contribution in [3.05, 3.63) is 89.5 Å². The predicted octanol–water partition coefficient (Wildman–Crippen LogP) is 13.0. The SMILES string of the molecule is CCCCCCCC(=O)NC(COP(=O)(OCC(NC(=O)CCCCCCC)c1cccc(OCC)c1)OCC(NC(=O)CCCCCCC)c1cccc(OCC)c1)c1cccc(OCC)c1. The number of amides is 3. The molecule has 0 radical (unpaired) electrons. The zero-order valence-electron chi connectivity index (χ0n) is 42.2. The van der Waals surface area contributed by atoms with Crippen LogP contribution in [0.2, 0.25) is 0 Å². The highest BCUT2D eigenvalue weighted by atomic mass is 31.2. The Kier molecular flexibility index (Phi) is 29.6. The number of hydrogen-bond donors (Lipinski definition) is 3. The van der Waals surface area contributed by atoms with E-state index < -0.39 is 25.9 Å². The second-order valence-electron chi connectivity index (χ2n) is 17.2. The van der Waals surface area contributed by atoms with E-state index in [0.717, 1.165) is 96.3 Å². The van der Waals surface area contributed by atoms with Gasteiger partial charge in [0.05, 0.1) is 57.8 Å². The van der Waals surface area contributed by atoms with E-state index in [-0.39, 0.29) is 37.5 Å². The topological polar surface area (TPSA) is 160 Å². The Morgan fingerprint density at radius 2 is 0.706 bits per heavy atom. The van der Waals surface area contributed by atoms with E-state index in [1.54, 1.807) is 0 Å². The van der Waals surface area contributed by atoms with Crippen molar-refractivity contribution in [2.45, 2.75) is 175 Å². The zero-order chi connectivity index (χ0) is 49.2. The molecule has 0 bridgehead atoms. The summed E-state index contributed by atoms with van der Waals surface area (Å²) in [6, 6.07) is 19.7. The van der Waals surface area contributed by atoms with Crippen LogP contribution in [0.3, 0.4) is 0 Å². The third kappa shape index (κ3) is 23.7. The van der Waals surface area contributed by atoms with Crippen molar-refractivity contribution in [3.8, 4) is 17.2 Å². The van der Waals surface area contributed by atoms with E-state index in [1.807, 2.05) is 93.6 Å². The van der Waals surface area contributed by atoms with Crippen LogP contribution in [0.15, 0.2) is 72.8 Å². The lowest BCUT2D eigenvalue weighted by molar-refractivity contribution is -0.123. The summed E-state index contributed by atoms with van der Waals surface area (Å²) in [7, 11) is -4.60. The molecule has 0 fully saturated rings. The Morgan fingerprint density at radius 3 is 0.971 bits per heavy atom. The lowest BCUT2D eigenvalue weighted by Gasteiger charge is -2.27. The van der Waals surface area contributed by atoms with Crippen LogP contribution in [-0.4, -0.2) is 57.4 Å². The van der Waals surface area contributed by atoms with Gasteiger partial charge in [-0.15, -0.1) is 0 Å². The number of nitrogens with one attached hydrogen (secondary N) is 3. The number of benzene rings is 3. The number of phosphoric ester groups is 1. The standard InChI is InChI=1S/C54H84N3O10P/c1-7-13-16-19-22-34-52(58)55-49(43-28-25-31-46(37-43)62-10-4)40-65-68(61,66-41-50(44-29-26-32-47(38-44)63-11-5)56-53(59)35-23-20-17-14-8-2)67-42-51(45-30-27-33-48(39-45)64-12-6)57-54(60)36-24-21-18-15-9-3/h25-33,37-39,49-51H,7-24,34-36,40-42H2,1-6H3,(H,55,58)(H,56,59)(H,57,60). The molecule has 0 aliphatic heterocycles. The molecule has 0 spiro atoms. The fourth-order valence-electron chi connectivity index (χ4n) is 7.70. The summed E-state index contributed by atoms with van der Waals surface area (Å²) in [5, 5.41) is 9.32. The Labute approximate surface area is 408 Å². The number of unbranched alkanes of at least 4 members (excludes halogenated alkanes) is 12. The molecule has 68 heavy (non-hydrogen) atoms. The summed E-state index contributed by atoms with van der Waals surface area (Å²) < 4.78 is 51.7. The molecule has 13 nitrogen and oxygen atoms in total. The minimum atomic E-state index is -4.60. The Balaban J connectivity index is 2.02. The predicted molar refractivity (Wildman–Crippen MR) is 271 cm³/mol. The summed E-state index contributed by atoms with van der Waals surface area (Å²) in [6.07, 6.45) is 15.8. The van der Waals surface area contributed by atoms with Crippen LogP contribution >= 0.6 is 7.82 Å². The van der Waals surface area contributed by atoms with Crippen LogP contribution in [-0.2, 0) is 32.5 Å². The van der Waals surface area contributed by atoms with Crippen molar-refractivity contribution in [1.29, 1.82) is 0 Å². The van der Waals surface area contributed by atoms with E-state index in [9.17, 15) is 14.4 Å². The number of phosphoric acid groups is 1.